The Hall–Kier alpha value is -3.75. The molecule has 1 fully saturated rings. The van der Waals surface area contributed by atoms with Crippen LogP contribution >= 0.6 is 0 Å². The predicted octanol–water partition coefficient (Wildman–Crippen LogP) is 1.84. The van der Waals surface area contributed by atoms with Crippen LogP contribution in [0.2, 0.25) is 0 Å². The molecule has 204 valence electrons. The van der Waals surface area contributed by atoms with Gasteiger partial charge in [-0.25, -0.2) is 18.4 Å². The molecular weight excluding hydrogens is 514 g/mol. The van der Waals surface area contributed by atoms with Crippen LogP contribution < -0.4 is 20.3 Å². The summed E-state index contributed by atoms with van der Waals surface area (Å²) in [6.07, 6.45) is 2.67. The second-order valence-electron chi connectivity index (χ2n) is 8.67. The van der Waals surface area contributed by atoms with Crippen molar-refractivity contribution >= 4 is 38.9 Å². The first-order valence-corrected chi connectivity index (χ1v) is 13.8. The van der Waals surface area contributed by atoms with Gasteiger partial charge < -0.3 is 29.7 Å². The van der Waals surface area contributed by atoms with E-state index in [1.54, 1.807) is 30.1 Å². The molecule has 0 saturated carbocycles. The maximum atomic E-state index is 12.3. The zero-order valence-electron chi connectivity index (χ0n) is 21.7. The van der Waals surface area contributed by atoms with Gasteiger partial charge in [0.25, 0.3) is 0 Å². The number of carbonyl (C=O) groups excluding carboxylic acids is 1. The van der Waals surface area contributed by atoms with Crippen molar-refractivity contribution in [3.63, 3.8) is 0 Å². The average molecular weight is 546 g/mol. The van der Waals surface area contributed by atoms with Crippen molar-refractivity contribution in [3.05, 3.63) is 30.5 Å². The number of methoxy groups -OCH3 is 1. The van der Waals surface area contributed by atoms with Crippen LogP contribution in [0.15, 0.2) is 35.5 Å². The van der Waals surface area contributed by atoms with Gasteiger partial charge in [-0.3, -0.25) is 9.48 Å². The molecule has 1 aliphatic rings. The Morgan fingerprint density at radius 1 is 1.13 bits per heavy atom. The average Bonchev–Trinajstić information content (AvgIpc) is 3.25. The van der Waals surface area contributed by atoms with Crippen molar-refractivity contribution in [2.45, 2.75) is 11.9 Å². The number of sulfone groups is 1. The van der Waals surface area contributed by atoms with E-state index in [4.69, 9.17) is 14.2 Å². The molecule has 1 saturated heterocycles. The van der Waals surface area contributed by atoms with E-state index in [2.05, 4.69) is 30.6 Å². The molecule has 0 radical (unpaired) electrons. The summed E-state index contributed by atoms with van der Waals surface area (Å²) in [5, 5.41) is 10.4. The Labute approximate surface area is 221 Å². The smallest absolute Gasteiger partial charge is 0.222 e. The Kier molecular flexibility index (Phi) is 8.44. The summed E-state index contributed by atoms with van der Waals surface area (Å²) < 4.78 is 42.6. The number of hydrogen-bond acceptors (Lipinski definition) is 11. The fourth-order valence-electron chi connectivity index (χ4n) is 3.89. The monoisotopic (exact) mass is 545 g/mol. The molecule has 13 nitrogen and oxygen atoms in total. The van der Waals surface area contributed by atoms with E-state index in [0.29, 0.717) is 48.3 Å². The summed E-state index contributed by atoms with van der Waals surface area (Å²) >= 11 is 0. The van der Waals surface area contributed by atoms with Gasteiger partial charge in [0.2, 0.25) is 5.91 Å². The van der Waals surface area contributed by atoms with Crippen molar-refractivity contribution in [3.8, 4) is 17.0 Å². The predicted molar refractivity (Wildman–Crippen MR) is 142 cm³/mol. The molecule has 2 N–H and O–H groups in total. The molecule has 3 aromatic rings. The van der Waals surface area contributed by atoms with E-state index in [-0.39, 0.29) is 23.4 Å². The van der Waals surface area contributed by atoms with Crippen LogP contribution in [0.4, 0.5) is 23.1 Å². The molecule has 1 amide bonds. The third-order valence-corrected chi connectivity index (χ3v) is 6.62. The Bertz CT molecular complexity index is 1400. The number of nitrogens with zero attached hydrogens (tertiary/aromatic N) is 5. The molecule has 0 bridgehead atoms. The minimum atomic E-state index is -3.63. The molecule has 4 heterocycles. The number of anilines is 4. The molecule has 14 heteroatoms. The van der Waals surface area contributed by atoms with Gasteiger partial charge in [0.05, 0.1) is 31.2 Å². The second kappa shape index (κ2) is 11.8. The van der Waals surface area contributed by atoms with E-state index in [9.17, 15) is 13.2 Å². The molecule has 0 unspecified atom stereocenters. The number of aryl methyl sites for hydroxylation is 1. The van der Waals surface area contributed by atoms with E-state index in [1.165, 1.54) is 13.0 Å². The highest BCUT2D eigenvalue weighted by Gasteiger charge is 2.20. The third-order valence-electron chi connectivity index (χ3n) is 5.65. The van der Waals surface area contributed by atoms with Gasteiger partial charge in [0.15, 0.2) is 14.9 Å². The first-order valence-electron chi connectivity index (χ1n) is 11.9. The number of ether oxygens (including phenoxy) is 3. The number of aromatic nitrogens is 4. The van der Waals surface area contributed by atoms with E-state index < -0.39 is 9.84 Å². The topological polar surface area (TPSA) is 150 Å². The maximum Gasteiger partial charge on any atom is 0.222 e. The summed E-state index contributed by atoms with van der Waals surface area (Å²) in [6.45, 7) is 4.72. The largest absolute Gasteiger partial charge is 0.491 e. The normalized spacial score (nSPS) is 13.8. The van der Waals surface area contributed by atoms with Crippen LogP contribution in [-0.2, 0) is 31.2 Å². The fraction of sp³-hybridized carbons (Fsp3) is 0.417. The fourth-order valence-corrected chi connectivity index (χ4v) is 4.48. The molecular formula is C24H31N7O6S. The lowest BCUT2D eigenvalue weighted by atomic mass is 10.1. The van der Waals surface area contributed by atoms with Crippen LogP contribution in [0.25, 0.3) is 11.3 Å². The standard InChI is InChI=1S/C24H31N7O6S/c1-16(32)26-21-13-19(27-22-11-17(37-10-9-35-3)12-23(28-22)38(4,33)34)18(15-25-21)20-14-24(30(2)29-20)31-5-7-36-8-6-31/h11-15H,5-10H2,1-4H3,(H2,25,26,27,28,32). The summed E-state index contributed by atoms with van der Waals surface area (Å²) in [5.74, 6) is 1.49. The van der Waals surface area contributed by atoms with E-state index in [0.717, 1.165) is 25.2 Å². The van der Waals surface area contributed by atoms with Crippen LogP contribution in [-0.4, -0.2) is 87.0 Å². The van der Waals surface area contributed by atoms with Gasteiger partial charge in [-0.05, 0) is 0 Å². The number of hydrogen-bond donors (Lipinski definition) is 2. The molecule has 4 rings (SSSR count). The minimum absolute atomic E-state index is 0.153. The molecule has 0 atom stereocenters. The molecule has 0 aliphatic carbocycles. The lowest BCUT2D eigenvalue weighted by molar-refractivity contribution is -0.114. The van der Waals surface area contributed by atoms with Gasteiger partial charge in [-0.15, -0.1) is 0 Å². The van der Waals surface area contributed by atoms with Crippen molar-refractivity contribution in [2.24, 2.45) is 7.05 Å². The number of morpholine rings is 1. The molecule has 0 aromatic carbocycles. The first-order chi connectivity index (χ1) is 18.1. The number of carbonyl (C=O) groups is 1. The van der Waals surface area contributed by atoms with Crippen LogP contribution in [0, 0.1) is 0 Å². The molecule has 3 aromatic heterocycles. The van der Waals surface area contributed by atoms with Crippen LogP contribution in [0.5, 0.6) is 5.75 Å². The molecule has 1 aliphatic heterocycles. The van der Waals surface area contributed by atoms with Gasteiger partial charge in [0.1, 0.15) is 29.8 Å². The van der Waals surface area contributed by atoms with Gasteiger partial charge in [-0.2, -0.15) is 5.10 Å². The van der Waals surface area contributed by atoms with Gasteiger partial charge in [0, 0.05) is 76.5 Å². The number of rotatable bonds is 10. The Morgan fingerprint density at radius 3 is 2.58 bits per heavy atom. The van der Waals surface area contributed by atoms with Crippen LogP contribution in [0.3, 0.4) is 0 Å². The zero-order valence-corrected chi connectivity index (χ0v) is 22.5. The minimum Gasteiger partial charge on any atom is -0.491 e. The number of amides is 1. The highest BCUT2D eigenvalue weighted by Crippen LogP contribution is 2.34. The molecule has 38 heavy (non-hydrogen) atoms. The lowest BCUT2D eigenvalue weighted by Gasteiger charge is -2.28. The first kappa shape index (κ1) is 27.3. The van der Waals surface area contributed by atoms with Crippen molar-refractivity contribution < 1.29 is 27.4 Å². The summed E-state index contributed by atoms with van der Waals surface area (Å²) in [5.41, 5.74) is 1.77. The van der Waals surface area contributed by atoms with Crippen molar-refractivity contribution in [1.82, 2.24) is 19.7 Å². The second-order valence-corrected chi connectivity index (χ2v) is 10.6. The SMILES string of the molecule is COCCOc1cc(Nc2cc(NC(C)=O)ncc2-c2cc(N3CCOCC3)n(C)n2)nc(S(C)(=O)=O)c1. The third kappa shape index (κ3) is 6.76. The Morgan fingerprint density at radius 2 is 1.89 bits per heavy atom. The lowest BCUT2D eigenvalue weighted by Crippen LogP contribution is -2.37. The quantitative estimate of drug-likeness (QED) is 0.359. The van der Waals surface area contributed by atoms with Crippen molar-refractivity contribution in [1.29, 1.82) is 0 Å². The van der Waals surface area contributed by atoms with Gasteiger partial charge >= 0.3 is 0 Å². The van der Waals surface area contributed by atoms with Crippen LogP contribution in [0.1, 0.15) is 6.92 Å². The van der Waals surface area contributed by atoms with Gasteiger partial charge in [-0.1, -0.05) is 0 Å². The van der Waals surface area contributed by atoms with Crippen molar-refractivity contribution in [2.75, 3.05) is 68.4 Å². The number of pyridine rings is 2. The summed E-state index contributed by atoms with van der Waals surface area (Å²) in [6, 6.07) is 6.54. The maximum absolute atomic E-state index is 12.3. The van der Waals surface area contributed by atoms with E-state index in [1.807, 2.05) is 13.1 Å². The molecule has 0 spiro atoms. The van der Waals surface area contributed by atoms with E-state index >= 15 is 0 Å². The zero-order chi connectivity index (χ0) is 27.3. The number of nitrogens with one attached hydrogen (secondary N) is 2. The Balaban J connectivity index is 1.75. The highest BCUT2D eigenvalue weighted by molar-refractivity contribution is 7.90. The summed E-state index contributed by atoms with van der Waals surface area (Å²) in [4.78, 5) is 22.5. The summed E-state index contributed by atoms with van der Waals surface area (Å²) in [7, 11) is -0.226. The highest BCUT2D eigenvalue weighted by atomic mass is 32.2.